The number of carbonyl (C=O) groups excluding carboxylic acids is 1. The molecule has 1 aromatic heterocycles. The molecule has 2 rings (SSSR count). The van der Waals surface area contributed by atoms with Gasteiger partial charge in [-0.1, -0.05) is 0 Å². The van der Waals surface area contributed by atoms with E-state index in [4.69, 9.17) is 9.52 Å². The number of rotatable bonds is 3. The third-order valence-electron chi connectivity index (χ3n) is 3.10. The van der Waals surface area contributed by atoms with E-state index in [0.29, 0.717) is 12.8 Å². The van der Waals surface area contributed by atoms with Crippen LogP contribution in [-0.4, -0.2) is 34.2 Å². The van der Waals surface area contributed by atoms with Crippen LogP contribution >= 0.6 is 0 Å². The number of nitrogens with one attached hydrogen (secondary N) is 1. The molecule has 0 aromatic carbocycles. The Morgan fingerprint density at radius 1 is 1.28 bits per heavy atom. The molecule has 18 heavy (non-hydrogen) atoms. The first-order valence-corrected chi connectivity index (χ1v) is 5.87. The summed E-state index contributed by atoms with van der Waals surface area (Å²) in [5, 5.41) is 20.8. The Kier molecular flexibility index (Phi) is 3.66. The second-order valence-electron chi connectivity index (χ2n) is 4.48. The van der Waals surface area contributed by atoms with Crippen LogP contribution in [0.15, 0.2) is 16.7 Å². The monoisotopic (exact) mass is 253 g/mol. The van der Waals surface area contributed by atoms with Crippen LogP contribution < -0.4 is 5.32 Å². The predicted octanol–water partition coefficient (Wildman–Crippen LogP) is 1.01. The van der Waals surface area contributed by atoms with E-state index >= 15 is 0 Å². The van der Waals surface area contributed by atoms with Crippen LogP contribution in [0, 0.1) is 0 Å². The molecule has 1 aromatic rings. The highest BCUT2D eigenvalue weighted by Crippen LogP contribution is 2.19. The Bertz CT molecular complexity index is 445. The molecule has 0 bridgehead atoms. The lowest BCUT2D eigenvalue weighted by atomic mass is 9.93. The van der Waals surface area contributed by atoms with E-state index in [1.165, 1.54) is 6.07 Å². The molecule has 1 aliphatic rings. The van der Waals surface area contributed by atoms with Gasteiger partial charge in [0.2, 0.25) is 0 Å². The third kappa shape index (κ3) is 2.89. The quantitative estimate of drug-likeness (QED) is 0.746. The van der Waals surface area contributed by atoms with Crippen LogP contribution in [0.5, 0.6) is 0 Å². The van der Waals surface area contributed by atoms with Crippen molar-refractivity contribution in [1.82, 2.24) is 5.32 Å². The van der Waals surface area contributed by atoms with Gasteiger partial charge < -0.3 is 19.9 Å². The van der Waals surface area contributed by atoms with Crippen LogP contribution in [0.1, 0.15) is 46.6 Å². The van der Waals surface area contributed by atoms with Crippen LogP contribution in [0.4, 0.5) is 0 Å². The van der Waals surface area contributed by atoms with Crippen molar-refractivity contribution >= 4 is 11.9 Å². The van der Waals surface area contributed by atoms with Crippen molar-refractivity contribution < 1.29 is 24.2 Å². The SMILES string of the molecule is O=C(O)c1coc(C(=O)NC2CCC(O)CC2)c1. The molecule has 0 spiro atoms. The molecule has 6 nitrogen and oxygen atoms in total. The van der Waals surface area contributed by atoms with Crippen LogP contribution in [-0.2, 0) is 0 Å². The molecule has 6 heteroatoms. The number of furan rings is 1. The summed E-state index contributed by atoms with van der Waals surface area (Å²) in [5.41, 5.74) is -0.0424. The Morgan fingerprint density at radius 3 is 2.50 bits per heavy atom. The van der Waals surface area contributed by atoms with Gasteiger partial charge in [0.05, 0.1) is 11.7 Å². The molecule has 0 aliphatic heterocycles. The molecule has 0 atom stereocenters. The van der Waals surface area contributed by atoms with Crippen LogP contribution in [0.3, 0.4) is 0 Å². The number of aliphatic hydroxyl groups excluding tert-OH is 1. The highest BCUT2D eigenvalue weighted by atomic mass is 16.4. The van der Waals surface area contributed by atoms with E-state index in [1.807, 2.05) is 0 Å². The number of aromatic carboxylic acids is 1. The molecule has 98 valence electrons. The van der Waals surface area contributed by atoms with Crippen molar-refractivity contribution in [3.05, 3.63) is 23.7 Å². The minimum atomic E-state index is -1.13. The van der Waals surface area contributed by atoms with Crippen molar-refractivity contribution in [1.29, 1.82) is 0 Å². The van der Waals surface area contributed by atoms with Crippen molar-refractivity contribution in [2.75, 3.05) is 0 Å². The highest BCUT2D eigenvalue weighted by molar-refractivity contribution is 5.95. The summed E-state index contributed by atoms with van der Waals surface area (Å²) < 4.78 is 4.91. The summed E-state index contributed by atoms with van der Waals surface area (Å²) in [5.74, 6) is -1.54. The Balaban J connectivity index is 1.93. The molecule has 1 fully saturated rings. The third-order valence-corrected chi connectivity index (χ3v) is 3.10. The van der Waals surface area contributed by atoms with Gasteiger partial charge in [-0.05, 0) is 25.7 Å². The molecule has 1 aliphatic carbocycles. The largest absolute Gasteiger partial charge is 0.478 e. The molecule has 0 unspecified atom stereocenters. The van der Waals surface area contributed by atoms with Gasteiger partial charge in [0.1, 0.15) is 6.26 Å². The van der Waals surface area contributed by atoms with E-state index in [0.717, 1.165) is 19.1 Å². The fraction of sp³-hybridized carbons (Fsp3) is 0.500. The summed E-state index contributed by atoms with van der Waals surface area (Å²) in [6, 6.07) is 1.22. The maximum atomic E-state index is 11.8. The predicted molar refractivity (Wildman–Crippen MR) is 61.4 cm³/mol. The maximum Gasteiger partial charge on any atom is 0.338 e. The molecule has 1 heterocycles. The van der Waals surface area contributed by atoms with Gasteiger partial charge in [-0.2, -0.15) is 0 Å². The van der Waals surface area contributed by atoms with Crippen LogP contribution in [0.2, 0.25) is 0 Å². The average Bonchev–Trinajstić information content (AvgIpc) is 2.81. The van der Waals surface area contributed by atoms with E-state index < -0.39 is 11.9 Å². The summed E-state index contributed by atoms with van der Waals surface area (Å²) in [6.45, 7) is 0. The van der Waals surface area contributed by atoms with E-state index in [2.05, 4.69) is 5.32 Å². The van der Waals surface area contributed by atoms with E-state index in [1.54, 1.807) is 0 Å². The second kappa shape index (κ2) is 5.22. The molecular weight excluding hydrogens is 238 g/mol. The van der Waals surface area contributed by atoms with Crippen LogP contribution in [0.25, 0.3) is 0 Å². The standard InChI is InChI=1S/C12H15NO5/c14-9-3-1-8(2-4-9)13-11(15)10-5-7(6-18-10)12(16)17/h5-6,8-9,14H,1-4H2,(H,13,15)(H,16,17). The molecule has 1 saturated carbocycles. The summed E-state index contributed by atoms with van der Waals surface area (Å²) >= 11 is 0. The first kappa shape index (κ1) is 12.6. The lowest BCUT2D eigenvalue weighted by Crippen LogP contribution is -2.38. The van der Waals surface area contributed by atoms with Crippen molar-refractivity contribution in [3.8, 4) is 0 Å². The van der Waals surface area contributed by atoms with Gasteiger partial charge in [0, 0.05) is 12.1 Å². The average molecular weight is 253 g/mol. The molecular formula is C12H15NO5. The van der Waals surface area contributed by atoms with E-state index in [-0.39, 0.29) is 23.5 Å². The van der Waals surface area contributed by atoms with Gasteiger partial charge in [0.25, 0.3) is 5.91 Å². The first-order valence-electron chi connectivity index (χ1n) is 5.87. The molecule has 0 radical (unpaired) electrons. The lowest BCUT2D eigenvalue weighted by molar-refractivity contribution is 0.0695. The number of amides is 1. The number of carbonyl (C=O) groups is 2. The van der Waals surface area contributed by atoms with Gasteiger partial charge in [-0.25, -0.2) is 4.79 Å². The zero-order chi connectivity index (χ0) is 13.1. The molecule has 0 saturated heterocycles. The first-order chi connectivity index (χ1) is 8.56. The zero-order valence-corrected chi connectivity index (χ0v) is 9.76. The molecule has 1 amide bonds. The number of aliphatic hydroxyl groups is 1. The van der Waals surface area contributed by atoms with Gasteiger partial charge in [0.15, 0.2) is 5.76 Å². The number of carboxylic acids is 1. The van der Waals surface area contributed by atoms with E-state index in [9.17, 15) is 14.7 Å². The number of carboxylic acid groups (broad SMARTS) is 1. The smallest absolute Gasteiger partial charge is 0.338 e. The summed E-state index contributed by atoms with van der Waals surface area (Å²) in [4.78, 5) is 22.4. The number of hydrogen-bond acceptors (Lipinski definition) is 4. The summed E-state index contributed by atoms with van der Waals surface area (Å²) in [7, 11) is 0. The highest BCUT2D eigenvalue weighted by Gasteiger charge is 2.22. The molecule has 3 N–H and O–H groups in total. The van der Waals surface area contributed by atoms with Crippen molar-refractivity contribution in [3.63, 3.8) is 0 Å². The maximum absolute atomic E-state index is 11.8. The Morgan fingerprint density at radius 2 is 1.94 bits per heavy atom. The zero-order valence-electron chi connectivity index (χ0n) is 9.76. The Labute approximate surface area is 104 Å². The lowest BCUT2D eigenvalue weighted by Gasteiger charge is -2.25. The normalized spacial score (nSPS) is 23.6. The number of hydrogen-bond donors (Lipinski definition) is 3. The van der Waals surface area contributed by atoms with Gasteiger partial charge in [-0.3, -0.25) is 4.79 Å². The minimum Gasteiger partial charge on any atom is -0.478 e. The van der Waals surface area contributed by atoms with Gasteiger partial charge >= 0.3 is 5.97 Å². The van der Waals surface area contributed by atoms with Gasteiger partial charge in [-0.15, -0.1) is 0 Å². The minimum absolute atomic E-state index is 0.00137. The van der Waals surface area contributed by atoms with Crippen molar-refractivity contribution in [2.24, 2.45) is 0 Å². The Hall–Kier alpha value is -1.82. The van der Waals surface area contributed by atoms with Crippen molar-refractivity contribution in [2.45, 2.75) is 37.8 Å². The topological polar surface area (TPSA) is 99.8 Å². The fourth-order valence-electron chi connectivity index (χ4n) is 2.04. The summed E-state index contributed by atoms with van der Waals surface area (Å²) in [6.07, 6.45) is 3.55. The fourth-order valence-corrected chi connectivity index (χ4v) is 2.04. The second-order valence-corrected chi connectivity index (χ2v) is 4.48.